The van der Waals surface area contributed by atoms with Gasteiger partial charge in [-0.2, -0.15) is 0 Å². The summed E-state index contributed by atoms with van der Waals surface area (Å²) in [4.78, 5) is 1.37. The molecule has 13 heavy (non-hydrogen) atoms. The van der Waals surface area contributed by atoms with E-state index in [9.17, 15) is 0 Å². The van der Waals surface area contributed by atoms with Gasteiger partial charge < -0.3 is 0 Å². The van der Waals surface area contributed by atoms with Crippen LogP contribution in [0.3, 0.4) is 0 Å². The van der Waals surface area contributed by atoms with Crippen LogP contribution in [0.4, 0.5) is 0 Å². The molecule has 0 saturated heterocycles. The number of hydrogen-bond acceptors (Lipinski definition) is 1. The minimum absolute atomic E-state index is 0.313. The molecule has 0 atom stereocenters. The lowest BCUT2D eigenvalue weighted by atomic mass is 10.2. The van der Waals surface area contributed by atoms with E-state index in [-0.39, 0.29) is 0 Å². The number of aryl methyl sites for hydroxylation is 1. The van der Waals surface area contributed by atoms with Crippen molar-refractivity contribution >= 4 is 11.8 Å². The van der Waals surface area contributed by atoms with Crippen molar-refractivity contribution in [3.63, 3.8) is 0 Å². The summed E-state index contributed by atoms with van der Waals surface area (Å²) in [5, 5.41) is 0. The monoisotopic (exact) mass is 194 g/mol. The molecule has 0 bridgehead atoms. The first-order valence-electron chi connectivity index (χ1n) is 4.79. The van der Waals surface area contributed by atoms with Crippen LogP contribution in [-0.4, -0.2) is 4.75 Å². The Morgan fingerprint density at radius 1 is 1.08 bits per heavy atom. The summed E-state index contributed by atoms with van der Waals surface area (Å²) < 4.78 is 0.313. The van der Waals surface area contributed by atoms with Gasteiger partial charge in [-0.1, -0.05) is 39.8 Å². The van der Waals surface area contributed by atoms with Gasteiger partial charge in [0.1, 0.15) is 0 Å². The Kier molecular flexibility index (Phi) is 3.43. The van der Waals surface area contributed by atoms with Crippen molar-refractivity contribution < 1.29 is 0 Å². The molecule has 0 radical (unpaired) electrons. The zero-order chi connectivity index (χ0) is 9.90. The lowest BCUT2D eigenvalue weighted by molar-refractivity contribution is 0.803. The minimum atomic E-state index is 0.313. The zero-order valence-electron chi connectivity index (χ0n) is 8.92. The standard InChI is InChI=1S/C12H18S/c1-5-10-6-8-11(9-7-10)13-12(2,3)4/h6-9H,5H2,1-4H3. The van der Waals surface area contributed by atoms with E-state index in [2.05, 4.69) is 52.0 Å². The van der Waals surface area contributed by atoms with Gasteiger partial charge in [0.15, 0.2) is 0 Å². The maximum absolute atomic E-state index is 2.24. The summed E-state index contributed by atoms with van der Waals surface area (Å²) in [6, 6.07) is 8.87. The summed E-state index contributed by atoms with van der Waals surface area (Å²) >= 11 is 1.92. The van der Waals surface area contributed by atoms with E-state index in [1.54, 1.807) is 0 Å². The maximum Gasteiger partial charge on any atom is 0.0122 e. The Morgan fingerprint density at radius 2 is 1.62 bits per heavy atom. The summed E-state index contributed by atoms with van der Waals surface area (Å²) in [5.41, 5.74) is 1.42. The van der Waals surface area contributed by atoms with Crippen LogP contribution >= 0.6 is 11.8 Å². The van der Waals surface area contributed by atoms with Crippen LogP contribution in [0.2, 0.25) is 0 Å². The third-order valence-corrected chi connectivity index (χ3v) is 2.88. The molecule has 72 valence electrons. The molecule has 0 nitrogen and oxygen atoms in total. The Balaban J connectivity index is 2.70. The van der Waals surface area contributed by atoms with Crippen molar-refractivity contribution in [2.24, 2.45) is 0 Å². The van der Waals surface area contributed by atoms with Crippen LogP contribution in [0.1, 0.15) is 33.3 Å². The predicted molar refractivity (Wildman–Crippen MR) is 61.4 cm³/mol. The average molecular weight is 194 g/mol. The molecule has 0 N–H and O–H groups in total. The SMILES string of the molecule is CCc1ccc(SC(C)(C)C)cc1. The second-order valence-corrected chi connectivity index (χ2v) is 6.11. The van der Waals surface area contributed by atoms with E-state index in [0.29, 0.717) is 4.75 Å². The molecule has 0 unspecified atom stereocenters. The van der Waals surface area contributed by atoms with Crippen molar-refractivity contribution in [2.75, 3.05) is 0 Å². The molecule has 0 aliphatic rings. The molecule has 1 aromatic rings. The van der Waals surface area contributed by atoms with Gasteiger partial charge in [-0.25, -0.2) is 0 Å². The Hall–Kier alpha value is -0.430. The third-order valence-electron chi connectivity index (χ3n) is 1.76. The summed E-state index contributed by atoms with van der Waals surface area (Å²) in [6.07, 6.45) is 1.13. The van der Waals surface area contributed by atoms with E-state index in [1.807, 2.05) is 11.8 Å². The van der Waals surface area contributed by atoms with Crippen molar-refractivity contribution in [1.82, 2.24) is 0 Å². The van der Waals surface area contributed by atoms with Gasteiger partial charge in [0.2, 0.25) is 0 Å². The molecule has 1 rings (SSSR count). The summed E-state index contributed by atoms with van der Waals surface area (Å²) in [5.74, 6) is 0. The molecular weight excluding hydrogens is 176 g/mol. The highest BCUT2D eigenvalue weighted by Crippen LogP contribution is 2.31. The third kappa shape index (κ3) is 3.86. The predicted octanol–water partition coefficient (Wildman–Crippen LogP) is 4.14. The molecule has 1 heteroatoms. The zero-order valence-corrected chi connectivity index (χ0v) is 9.74. The van der Waals surface area contributed by atoms with Gasteiger partial charge >= 0.3 is 0 Å². The van der Waals surface area contributed by atoms with Gasteiger partial charge in [-0.3, -0.25) is 0 Å². The largest absolute Gasteiger partial charge is 0.120 e. The van der Waals surface area contributed by atoms with E-state index in [1.165, 1.54) is 10.5 Å². The van der Waals surface area contributed by atoms with Crippen molar-refractivity contribution in [2.45, 2.75) is 43.8 Å². The van der Waals surface area contributed by atoms with E-state index in [4.69, 9.17) is 0 Å². The molecular formula is C12H18S. The molecule has 0 amide bonds. The van der Waals surface area contributed by atoms with Gasteiger partial charge in [-0.05, 0) is 24.1 Å². The van der Waals surface area contributed by atoms with E-state index >= 15 is 0 Å². The fourth-order valence-electron chi connectivity index (χ4n) is 1.15. The molecule has 0 saturated carbocycles. The fourth-order valence-corrected chi connectivity index (χ4v) is 2.13. The van der Waals surface area contributed by atoms with Crippen LogP contribution in [-0.2, 0) is 6.42 Å². The van der Waals surface area contributed by atoms with E-state index in [0.717, 1.165) is 6.42 Å². The van der Waals surface area contributed by atoms with Crippen molar-refractivity contribution in [3.8, 4) is 0 Å². The van der Waals surface area contributed by atoms with Crippen molar-refractivity contribution in [1.29, 1.82) is 0 Å². The highest BCUT2D eigenvalue weighted by molar-refractivity contribution is 8.00. The first kappa shape index (κ1) is 10.6. The molecule has 1 aromatic carbocycles. The second-order valence-electron chi connectivity index (χ2n) is 4.21. The molecule has 0 aliphatic carbocycles. The summed E-state index contributed by atoms with van der Waals surface area (Å²) in [6.45, 7) is 8.91. The van der Waals surface area contributed by atoms with Crippen LogP contribution in [0.25, 0.3) is 0 Å². The van der Waals surface area contributed by atoms with Crippen molar-refractivity contribution in [3.05, 3.63) is 29.8 Å². The normalized spacial score (nSPS) is 11.7. The van der Waals surface area contributed by atoms with Crippen LogP contribution in [0, 0.1) is 0 Å². The minimum Gasteiger partial charge on any atom is -0.120 e. The van der Waals surface area contributed by atoms with Gasteiger partial charge in [-0.15, -0.1) is 11.8 Å². The first-order valence-corrected chi connectivity index (χ1v) is 5.61. The van der Waals surface area contributed by atoms with Gasteiger partial charge in [0, 0.05) is 9.64 Å². The second kappa shape index (κ2) is 4.19. The Morgan fingerprint density at radius 3 is 2.00 bits per heavy atom. The smallest absolute Gasteiger partial charge is 0.0122 e. The number of hydrogen-bond donors (Lipinski definition) is 0. The lowest BCUT2D eigenvalue weighted by Crippen LogP contribution is -2.06. The first-order chi connectivity index (χ1) is 6.01. The molecule has 0 fully saturated rings. The quantitative estimate of drug-likeness (QED) is 0.638. The highest BCUT2D eigenvalue weighted by Gasteiger charge is 2.11. The van der Waals surface area contributed by atoms with Gasteiger partial charge in [0.05, 0.1) is 0 Å². The average Bonchev–Trinajstić information content (AvgIpc) is 2.03. The molecule has 0 aliphatic heterocycles. The van der Waals surface area contributed by atoms with Crippen LogP contribution < -0.4 is 0 Å². The van der Waals surface area contributed by atoms with Gasteiger partial charge in [0.25, 0.3) is 0 Å². The lowest BCUT2D eigenvalue weighted by Gasteiger charge is -2.17. The fraction of sp³-hybridized carbons (Fsp3) is 0.500. The topological polar surface area (TPSA) is 0 Å². The number of thioether (sulfide) groups is 1. The van der Waals surface area contributed by atoms with Crippen LogP contribution in [0.15, 0.2) is 29.2 Å². The Bertz CT molecular complexity index is 253. The molecule has 0 aromatic heterocycles. The van der Waals surface area contributed by atoms with Crippen LogP contribution in [0.5, 0.6) is 0 Å². The highest BCUT2D eigenvalue weighted by atomic mass is 32.2. The summed E-state index contributed by atoms with van der Waals surface area (Å²) in [7, 11) is 0. The Labute approximate surface area is 85.7 Å². The number of benzene rings is 1. The maximum atomic E-state index is 2.24. The number of rotatable bonds is 2. The molecule has 0 heterocycles. The van der Waals surface area contributed by atoms with E-state index < -0.39 is 0 Å². The molecule has 0 spiro atoms.